The summed E-state index contributed by atoms with van der Waals surface area (Å²) in [5, 5.41) is 20.5. The highest BCUT2D eigenvalue weighted by Crippen LogP contribution is 2.41. The van der Waals surface area contributed by atoms with Gasteiger partial charge in [-0.25, -0.2) is 0 Å². The smallest absolute Gasteiger partial charge is 0.191 e. The monoisotopic (exact) mass is 290 g/mol. The zero-order valence-corrected chi connectivity index (χ0v) is 12.2. The van der Waals surface area contributed by atoms with E-state index in [-0.39, 0.29) is 5.92 Å². The third-order valence-corrected chi connectivity index (χ3v) is 5.07. The number of thiophene rings is 1. The Morgan fingerprint density at radius 1 is 1.58 bits per heavy atom. The van der Waals surface area contributed by atoms with Crippen LogP contribution >= 0.6 is 23.1 Å². The van der Waals surface area contributed by atoms with Crippen molar-refractivity contribution in [3.8, 4) is 16.8 Å². The van der Waals surface area contributed by atoms with Crippen molar-refractivity contribution in [2.45, 2.75) is 31.0 Å². The van der Waals surface area contributed by atoms with Crippen LogP contribution in [0.25, 0.3) is 10.7 Å². The van der Waals surface area contributed by atoms with Gasteiger partial charge >= 0.3 is 0 Å². The van der Waals surface area contributed by atoms with Crippen molar-refractivity contribution in [3.05, 3.63) is 17.5 Å². The van der Waals surface area contributed by atoms with Gasteiger partial charge in [-0.2, -0.15) is 5.26 Å². The molecule has 0 unspecified atom stereocenters. The largest absolute Gasteiger partial charge is 0.298 e. The Labute approximate surface area is 120 Å². The van der Waals surface area contributed by atoms with E-state index in [1.165, 1.54) is 17.7 Å². The minimum absolute atomic E-state index is 0.0412. The van der Waals surface area contributed by atoms with Gasteiger partial charge < -0.3 is 0 Å². The summed E-state index contributed by atoms with van der Waals surface area (Å²) < 4.78 is 2.25. The molecule has 0 N–H and O–H groups in total. The van der Waals surface area contributed by atoms with Crippen molar-refractivity contribution in [2.24, 2.45) is 5.92 Å². The van der Waals surface area contributed by atoms with Crippen LogP contribution in [0.15, 0.2) is 22.7 Å². The molecule has 1 atom stereocenters. The second kappa shape index (κ2) is 5.35. The molecule has 0 spiro atoms. The van der Waals surface area contributed by atoms with Gasteiger partial charge in [0, 0.05) is 11.8 Å². The van der Waals surface area contributed by atoms with Crippen LogP contribution in [0.3, 0.4) is 0 Å². The van der Waals surface area contributed by atoms with Crippen molar-refractivity contribution < 1.29 is 0 Å². The first-order valence-electron chi connectivity index (χ1n) is 6.30. The molecule has 2 heterocycles. The van der Waals surface area contributed by atoms with Crippen LogP contribution in [0.5, 0.6) is 0 Å². The second-order valence-corrected chi connectivity index (χ2v) is 6.66. The van der Waals surface area contributed by atoms with E-state index in [1.54, 1.807) is 23.1 Å². The van der Waals surface area contributed by atoms with E-state index < -0.39 is 0 Å². The molecule has 0 amide bonds. The van der Waals surface area contributed by atoms with E-state index in [0.29, 0.717) is 6.04 Å². The predicted molar refractivity (Wildman–Crippen MR) is 77.1 cm³/mol. The molecule has 1 fully saturated rings. The second-order valence-electron chi connectivity index (χ2n) is 4.73. The molecular weight excluding hydrogens is 276 g/mol. The summed E-state index contributed by atoms with van der Waals surface area (Å²) in [6.45, 7) is 1.94. The number of aromatic nitrogens is 3. The summed E-state index contributed by atoms with van der Waals surface area (Å²) in [5.41, 5.74) is 0. The van der Waals surface area contributed by atoms with Crippen LogP contribution in [0.1, 0.15) is 25.8 Å². The third kappa shape index (κ3) is 2.67. The number of rotatable bonds is 5. The minimum atomic E-state index is 0.0412. The van der Waals surface area contributed by atoms with Gasteiger partial charge in [0.25, 0.3) is 0 Å². The molecule has 1 saturated carbocycles. The Kier molecular flexibility index (Phi) is 3.58. The third-order valence-electron chi connectivity index (χ3n) is 3.00. The lowest BCUT2D eigenvalue weighted by Gasteiger charge is -2.07. The maximum absolute atomic E-state index is 8.85. The zero-order chi connectivity index (χ0) is 13.2. The number of nitrogens with zero attached hydrogens (tertiary/aromatic N) is 4. The minimum Gasteiger partial charge on any atom is -0.298 e. The van der Waals surface area contributed by atoms with Crippen LogP contribution in [-0.2, 0) is 0 Å². The fourth-order valence-corrected chi connectivity index (χ4v) is 3.50. The quantitative estimate of drug-likeness (QED) is 0.790. The summed E-state index contributed by atoms with van der Waals surface area (Å²) in [4.78, 5) is 1.17. The Hall–Kier alpha value is -1.32. The molecule has 2 aromatic heterocycles. The fraction of sp³-hybridized carbons (Fsp3) is 0.462. The Morgan fingerprint density at radius 3 is 3.05 bits per heavy atom. The van der Waals surface area contributed by atoms with Crippen LogP contribution in [0, 0.1) is 17.2 Å². The van der Waals surface area contributed by atoms with Gasteiger partial charge in [0.1, 0.15) is 0 Å². The topological polar surface area (TPSA) is 54.5 Å². The van der Waals surface area contributed by atoms with E-state index in [2.05, 4.69) is 32.3 Å². The molecule has 1 aliphatic carbocycles. The highest BCUT2D eigenvalue weighted by Gasteiger charge is 2.30. The molecule has 2 aromatic rings. The first-order chi connectivity index (χ1) is 9.29. The van der Waals surface area contributed by atoms with Crippen molar-refractivity contribution in [3.63, 3.8) is 0 Å². The first-order valence-corrected chi connectivity index (χ1v) is 8.17. The molecule has 19 heavy (non-hydrogen) atoms. The van der Waals surface area contributed by atoms with E-state index in [1.807, 2.05) is 13.0 Å². The summed E-state index contributed by atoms with van der Waals surface area (Å²) in [6, 6.07) is 6.93. The number of hydrogen-bond acceptors (Lipinski definition) is 5. The number of thioether (sulfide) groups is 1. The van der Waals surface area contributed by atoms with Crippen LogP contribution in [0.2, 0.25) is 0 Å². The van der Waals surface area contributed by atoms with E-state index in [9.17, 15) is 0 Å². The van der Waals surface area contributed by atoms with Crippen molar-refractivity contribution in [1.29, 1.82) is 5.26 Å². The van der Waals surface area contributed by atoms with Gasteiger partial charge in [0.2, 0.25) is 0 Å². The molecule has 0 radical (unpaired) electrons. The number of hydrogen-bond donors (Lipinski definition) is 0. The van der Waals surface area contributed by atoms with Crippen molar-refractivity contribution in [2.75, 3.05) is 5.75 Å². The average molecular weight is 290 g/mol. The lowest BCUT2D eigenvalue weighted by molar-refractivity contribution is 0.668. The number of nitriles is 1. The van der Waals surface area contributed by atoms with Gasteiger partial charge in [-0.05, 0) is 31.2 Å². The summed E-state index contributed by atoms with van der Waals surface area (Å²) >= 11 is 3.33. The summed E-state index contributed by atoms with van der Waals surface area (Å²) in [5.74, 6) is 1.79. The lowest BCUT2D eigenvalue weighted by Crippen LogP contribution is -2.01. The molecular formula is C13H14N4S2. The summed E-state index contributed by atoms with van der Waals surface area (Å²) in [6.07, 6.45) is 2.41. The summed E-state index contributed by atoms with van der Waals surface area (Å²) in [7, 11) is 0. The van der Waals surface area contributed by atoms with Crippen LogP contribution in [-0.4, -0.2) is 20.5 Å². The zero-order valence-electron chi connectivity index (χ0n) is 10.6. The Balaban J connectivity index is 1.87. The molecule has 1 aliphatic rings. The van der Waals surface area contributed by atoms with Gasteiger partial charge in [-0.3, -0.25) is 4.57 Å². The molecule has 98 valence electrons. The normalized spacial score (nSPS) is 16.2. The van der Waals surface area contributed by atoms with Crippen LogP contribution in [0.4, 0.5) is 0 Å². The molecule has 3 rings (SSSR count). The van der Waals surface area contributed by atoms with E-state index in [4.69, 9.17) is 5.26 Å². The molecule has 4 nitrogen and oxygen atoms in total. The van der Waals surface area contributed by atoms with Crippen molar-refractivity contribution >= 4 is 23.1 Å². The van der Waals surface area contributed by atoms with Gasteiger partial charge in [0.15, 0.2) is 11.0 Å². The van der Waals surface area contributed by atoms with Crippen LogP contribution < -0.4 is 0 Å². The highest BCUT2D eigenvalue weighted by atomic mass is 32.2. The Morgan fingerprint density at radius 2 is 2.42 bits per heavy atom. The average Bonchev–Trinajstić information content (AvgIpc) is 2.96. The SMILES string of the molecule is C[C@@H](C#N)CSc1nnc(-c2cccs2)n1C1CC1. The van der Waals surface area contributed by atoms with E-state index >= 15 is 0 Å². The van der Waals surface area contributed by atoms with Gasteiger partial charge in [-0.1, -0.05) is 17.8 Å². The fourth-order valence-electron chi connectivity index (χ4n) is 1.85. The molecule has 0 aromatic carbocycles. The first kappa shape index (κ1) is 12.7. The maximum atomic E-state index is 8.85. The predicted octanol–water partition coefficient (Wildman–Crippen LogP) is 3.59. The van der Waals surface area contributed by atoms with E-state index in [0.717, 1.165) is 16.7 Å². The maximum Gasteiger partial charge on any atom is 0.191 e. The van der Waals surface area contributed by atoms with Crippen molar-refractivity contribution in [1.82, 2.24) is 14.8 Å². The van der Waals surface area contributed by atoms with Gasteiger partial charge in [-0.15, -0.1) is 21.5 Å². The van der Waals surface area contributed by atoms with Gasteiger partial charge in [0.05, 0.1) is 16.9 Å². The highest BCUT2D eigenvalue weighted by molar-refractivity contribution is 7.99. The standard InChI is InChI=1S/C13H14N4S2/c1-9(7-14)8-19-13-16-15-12(11-3-2-6-18-11)17(13)10-4-5-10/h2-3,6,9-10H,4-5,8H2,1H3/t9-/m0/s1. The molecule has 0 saturated heterocycles. The Bertz CT molecular complexity index is 593. The lowest BCUT2D eigenvalue weighted by atomic mass is 10.3. The molecule has 6 heteroatoms. The molecule has 0 bridgehead atoms. The molecule has 0 aliphatic heterocycles.